The summed E-state index contributed by atoms with van der Waals surface area (Å²) in [5, 5.41) is 8.93. The number of nitriles is 1. The lowest BCUT2D eigenvalue weighted by Gasteiger charge is -2.32. The minimum absolute atomic E-state index is 0.0613. The topological polar surface area (TPSA) is 73.2 Å². The van der Waals surface area contributed by atoms with E-state index in [4.69, 9.17) is 5.26 Å². The molecule has 5 nitrogen and oxygen atoms in total. The van der Waals surface area contributed by atoms with Crippen molar-refractivity contribution < 1.29 is 8.42 Å². The lowest BCUT2D eigenvalue weighted by molar-refractivity contribution is 0.211. The van der Waals surface area contributed by atoms with Gasteiger partial charge in [-0.15, -0.1) is 0 Å². The standard InChI is InChI=1S/C15H21N3O2S/c1-3-18-8-4-5-14(11-18)17-21(19,20)15-9-13(10-16)7-6-12(15)2/h6-7,9,14,17H,3-5,8,11H2,1-2H3. The van der Waals surface area contributed by atoms with Gasteiger partial charge < -0.3 is 4.90 Å². The van der Waals surface area contributed by atoms with Crippen LogP contribution in [0.3, 0.4) is 0 Å². The van der Waals surface area contributed by atoms with Crippen LogP contribution in [0, 0.1) is 18.3 Å². The summed E-state index contributed by atoms with van der Waals surface area (Å²) < 4.78 is 27.9. The van der Waals surface area contributed by atoms with E-state index in [-0.39, 0.29) is 10.9 Å². The highest BCUT2D eigenvalue weighted by Crippen LogP contribution is 2.19. The Labute approximate surface area is 126 Å². The number of nitrogens with zero attached hydrogens (tertiary/aromatic N) is 2. The molecule has 0 aromatic heterocycles. The average Bonchev–Trinajstić information content (AvgIpc) is 2.47. The monoisotopic (exact) mass is 307 g/mol. The third kappa shape index (κ3) is 3.82. The predicted molar refractivity (Wildman–Crippen MR) is 81.4 cm³/mol. The van der Waals surface area contributed by atoms with E-state index in [9.17, 15) is 8.42 Å². The summed E-state index contributed by atoms with van der Waals surface area (Å²) in [5.74, 6) is 0. The minimum atomic E-state index is -3.58. The molecule has 1 aromatic rings. The fourth-order valence-electron chi connectivity index (χ4n) is 2.68. The summed E-state index contributed by atoms with van der Waals surface area (Å²) in [5.41, 5.74) is 1.02. The van der Waals surface area contributed by atoms with Crippen LogP contribution in [0.5, 0.6) is 0 Å². The molecule has 0 bridgehead atoms. The Hall–Kier alpha value is -1.42. The molecule has 1 aliphatic heterocycles. The van der Waals surface area contributed by atoms with E-state index in [2.05, 4.69) is 16.5 Å². The SMILES string of the molecule is CCN1CCCC(NS(=O)(=O)c2cc(C#N)ccc2C)C1. The molecule has 0 saturated carbocycles. The summed E-state index contributed by atoms with van der Waals surface area (Å²) in [7, 11) is -3.58. The van der Waals surface area contributed by atoms with Gasteiger partial charge in [-0.1, -0.05) is 13.0 Å². The van der Waals surface area contributed by atoms with E-state index in [1.807, 2.05) is 6.07 Å². The molecule has 1 atom stereocenters. The Morgan fingerprint density at radius 3 is 2.90 bits per heavy atom. The zero-order valence-corrected chi connectivity index (χ0v) is 13.3. The van der Waals surface area contributed by atoms with Gasteiger partial charge in [-0.25, -0.2) is 13.1 Å². The van der Waals surface area contributed by atoms with Crippen molar-refractivity contribution in [2.45, 2.75) is 37.6 Å². The van der Waals surface area contributed by atoms with Crippen LogP contribution in [-0.2, 0) is 10.0 Å². The number of nitrogens with one attached hydrogen (secondary N) is 1. The van der Waals surface area contributed by atoms with Crippen molar-refractivity contribution in [2.75, 3.05) is 19.6 Å². The van der Waals surface area contributed by atoms with Crippen molar-refractivity contribution in [3.63, 3.8) is 0 Å². The summed E-state index contributed by atoms with van der Waals surface area (Å²) in [6, 6.07) is 6.67. The zero-order valence-electron chi connectivity index (χ0n) is 12.5. The van der Waals surface area contributed by atoms with Crippen molar-refractivity contribution in [2.24, 2.45) is 0 Å². The molecule has 1 heterocycles. The molecule has 6 heteroatoms. The fraction of sp³-hybridized carbons (Fsp3) is 0.533. The maximum atomic E-state index is 12.5. The summed E-state index contributed by atoms with van der Waals surface area (Å²) in [4.78, 5) is 2.45. The Morgan fingerprint density at radius 1 is 1.48 bits per heavy atom. The molecule has 1 unspecified atom stereocenters. The lowest BCUT2D eigenvalue weighted by Crippen LogP contribution is -2.47. The first-order chi connectivity index (χ1) is 9.96. The van der Waals surface area contributed by atoms with Crippen LogP contribution >= 0.6 is 0 Å². The molecule has 2 rings (SSSR count). The Morgan fingerprint density at radius 2 is 2.24 bits per heavy atom. The first-order valence-corrected chi connectivity index (χ1v) is 8.70. The fourth-order valence-corrected chi connectivity index (χ4v) is 4.21. The predicted octanol–water partition coefficient (Wildman–Crippen LogP) is 1.63. The molecular formula is C15H21N3O2S. The Bertz CT molecular complexity index is 649. The molecule has 1 aliphatic rings. The highest BCUT2D eigenvalue weighted by molar-refractivity contribution is 7.89. The normalized spacial score (nSPS) is 20.1. The molecule has 0 spiro atoms. The highest BCUT2D eigenvalue weighted by Gasteiger charge is 2.25. The van der Waals surface area contributed by atoms with Gasteiger partial charge in [-0.2, -0.15) is 5.26 Å². The molecule has 0 radical (unpaired) electrons. The number of aryl methyl sites for hydroxylation is 1. The van der Waals surface area contributed by atoms with Gasteiger partial charge in [0.15, 0.2) is 0 Å². The van der Waals surface area contributed by atoms with Crippen molar-refractivity contribution in [3.8, 4) is 6.07 Å². The van der Waals surface area contributed by atoms with Crippen LogP contribution < -0.4 is 4.72 Å². The van der Waals surface area contributed by atoms with E-state index in [0.29, 0.717) is 11.1 Å². The van der Waals surface area contributed by atoms with E-state index in [0.717, 1.165) is 32.5 Å². The van der Waals surface area contributed by atoms with Crippen molar-refractivity contribution in [1.82, 2.24) is 9.62 Å². The molecule has 1 aromatic carbocycles. The van der Waals surface area contributed by atoms with Gasteiger partial charge in [0.25, 0.3) is 0 Å². The average molecular weight is 307 g/mol. The summed E-state index contributed by atoms with van der Waals surface area (Å²) in [6.07, 6.45) is 1.85. The smallest absolute Gasteiger partial charge is 0.241 e. The quantitative estimate of drug-likeness (QED) is 0.917. The number of likely N-dealkylation sites (tertiary alicyclic amines) is 1. The third-order valence-electron chi connectivity index (χ3n) is 3.88. The number of hydrogen-bond donors (Lipinski definition) is 1. The van der Waals surface area contributed by atoms with Crippen molar-refractivity contribution in [3.05, 3.63) is 29.3 Å². The first kappa shape index (κ1) is 16.0. The zero-order chi connectivity index (χ0) is 15.5. The number of benzene rings is 1. The number of piperidine rings is 1. The van der Waals surface area contributed by atoms with Crippen LogP contribution in [0.15, 0.2) is 23.1 Å². The largest absolute Gasteiger partial charge is 0.302 e. The second-order valence-electron chi connectivity index (χ2n) is 5.45. The summed E-state index contributed by atoms with van der Waals surface area (Å²) in [6.45, 7) is 6.53. The van der Waals surface area contributed by atoms with Crippen molar-refractivity contribution in [1.29, 1.82) is 5.26 Å². The van der Waals surface area contributed by atoms with E-state index in [1.54, 1.807) is 19.1 Å². The second kappa shape index (κ2) is 6.56. The molecule has 1 N–H and O–H groups in total. The van der Waals surface area contributed by atoms with Gasteiger partial charge in [0.05, 0.1) is 16.5 Å². The molecular weight excluding hydrogens is 286 g/mol. The van der Waals surface area contributed by atoms with Crippen molar-refractivity contribution >= 4 is 10.0 Å². The molecule has 0 amide bonds. The first-order valence-electron chi connectivity index (χ1n) is 7.21. The Kier molecular flexibility index (Phi) is 4.99. The van der Waals surface area contributed by atoms with E-state index >= 15 is 0 Å². The Balaban J connectivity index is 2.21. The van der Waals surface area contributed by atoms with Gasteiger partial charge >= 0.3 is 0 Å². The lowest BCUT2D eigenvalue weighted by atomic mass is 10.1. The molecule has 0 aliphatic carbocycles. The van der Waals surface area contributed by atoms with Gasteiger partial charge in [0.2, 0.25) is 10.0 Å². The van der Waals surface area contributed by atoms with Crippen LogP contribution in [0.1, 0.15) is 30.9 Å². The van der Waals surface area contributed by atoms with Crippen LogP contribution in [0.25, 0.3) is 0 Å². The number of hydrogen-bond acceptors (Lipinski definition) is 4. The van der Waals surface area contributed by atoms with Crippen LogP contribution in [0.4, 0.5) is 0 Å². The van der Waals surface area contributed by atoms with Gasteiger partial charge in [0.1, 0.15) is 0 Å². The maximum Gasteiger partial charge on any atom is 0.241 e. The highest BCUT2D eigenvalue weighted by atomic mass is 32.2. The molecule has 21 heavy (non-hydrogen) atoms. The molecule has 1 fully saturated rings. The van der Waals surface area contributed by atoms with Crippen LogP contribution in [0.2, 0.25) is 0 Å². The third-order valence-corrected chi connectivity index (χ3v) is 5.54. The number of likely N-dealkylation sites (N-methyl/N-ethyl adjacent to an activating group) is 1. The summed E-state index contributed by atoms with van der Waals surface area (Å²) >= 11 is 0. The van der Waals surface area contributed by atoms with Crippen LogP contribution in [-0.4, -0.2) is 39.0 Å². The molecule has 114 valence electrons. The van der Waals surface area contributed by atoms with Gasteiger partial charge in [0, 0.05) is 12.6 Å². The second-order valence-corrected chi connectivity index (χ2v) is 7.13. The number of sulfonamides is 1. The van der Waals surface area contributed by atoms with E-state index in [1.165, 1.54) is 6.07 Å². The minimum Gasteiger partial charge on any atom is -0.302 e. The maximum absolute atomic E-state index is 12.5. The molecule has 1 saturated heterocycles. The number of rotatable bonds is 4. The van der Waals surface area contributed by atoms with E-state index < -0.39 is 10.0 Å². The van der Waals surface area contributed by atoms with Gasteiger partial charge in [-0.3, -0.25) is 0 Å². The van der Waals surface area contributed by atoms with Gasteiger partial charge in [-0.05, 0) is 50.6 Å².